The summed E-state index contributed by atoms with van der Waals surface area (Å²) in [6, 6.07) is 7.07. The molecule has 0 aliphatic carbocycles. The molecule has 0 amide bonds. The first-order valence-electron chi connectivity index (χ1n) is 8.17. The number of hydrogen-bond acceptors (Lipinski definition) is 1. The Morgan fingerprint density at radius 2 is 1.80 bits per heavy atom. The van der Waals surface area contributed by atoms with Crippen molar-refractivity contribution in [3.8, 4) is 0 Å². The van der Waals surface area contributed by atoms with Gasteiger partial charge < -0.3 is 5.32 Å². The summed E-state index contributed by atoms with van der Waals surface area (Å²) < 4.78 is 13.1. The fourth-order valence-corrected chi connectivity index (χ4v) is 2.77. The zero-order chi connectivity index (χ0) is 14.8. The molecule has 0 spiro atoms. The van der Waals surface area contributed by atoms with E-state index in [4.69, 9.17) is 0 Å². The molecular formula is C18H30FN. The molecule has 0 aliphatic rings. The number of hydrogen-bond donors (Lipinski definition) is 1. The molecule has 1 N–H and O–H groups in total. The van der Waals surface area contributed by atoms with Crippen LogP contribution >= 0.6 is 0 Å². The summed E-state index contributed by atoms with van der Waals surface area (Å²) in [6.07, 6.45) is 6.34. The van der Waals surface area contributed by atoms with Crippen molar-refractivity contribution in [1.29, 1.82) is 0 Å². The maximum Gasteiger partial charge on any atom is 0.123 e. The van der Waals surface area contributed by atoms with Crippen molar-refractivity contribution in [3.63, 3.8) is 0 Å². The predicted molar refractivity (Wildman–Crippen MR) is 85.6 cm³/mol. The van der Waals surface area contributed by atoms with Crippen LogP contribution < -0.4 is 5.32 Å². The highest BCUT2D eigenvalue weighted by Gasteiger charge is 2.16. The molecule has 0 saturated carbocycles. The Bertz CT molecular complexity index is 347. The highest BCUT2D eigenvalue weighted by atomic mass is 19.1. The van der Waals surface area contributed by atoms with Crippen molar-refractivity contribution in [3.05, 3.63) is 35.6 Å². The molecule has 20 heavy (non-hydrogen) atoms. The maximum absolute atomic E-state index is 13.1. The molecule has 2 atom stereocenters. The molecule has 114 valence electrons. The van der Waals surface area contributed by atoms with Gasteiger partial charge in [-0.25, -0.2) is 4.39 Å². The van der Waals surface area contributed by atoms with Crippen molar-refractivity contribution >= 4 is 0 Å². The van der Waals surface area contributed by atoms with Gasteiger partial charge in [0.2, 0.25) is 0 Å². The van der Waals surface area contributed by atoms with E-state index in [1.54, 1.807) is 12.1 Å². The Labute approximate surface area is 124 Å². The number of likely N-dealkylation sites (N-methyl/N-ethyl adjacent to an activating group) is 1. The van der Waals surface area contributed by atoms with E-state index in [2.05, 4.69) is 26.1 Å². The number of unbranched alkanes of at least 4 members (excludes halogenated alkanes) is 1. The molecule has 2 heteroatoms. The average molecular weight is 279 g/mol. The van der Waals surface area contributed by atoms with Crippen LogP contribution in [0.5, 0.6) is 0 Å². The van der Waals surface area contributed by atoms with Crippen LogP contribution in [0, 0.1) is 11.7 Å². The topological polar surface area (TPSA) is 12.0 Å². The van der Waals surface area contributed by atoms with Crippen molar-refractivity contribution in [2.24, 2.45) is 5.92 Å². The normalized spacial score (nSPS) is 14.2. The lowest BCUT2D eigenvalue weighted by atomic mass is 9.85. The SMILES string of the molecule is CCCCC(CC)CC(CNCC)c1ccc(F)cc1. The molecule has 0 radical (unpaired) electrons. The molecule has 0 bridgehead atoms. The van der Waals surface area contributed by atoms with Crippen LogP contribution in [-0.2, 0) is 0 Å². The van der Waals surface area contributed by atoms with Crippen LogP contribution in [0.4, 0.5) is 4.39 Å². The lowest BCUT2D eigenvalue weighted by Crippen LogP contribution is -2.23. The molecular weight excluding hydrogens is 249 g/mol. The van der Waals surface area contributed by atoms with Crippen molar-refractivity contribution in [2.75, 3.05) is 13.1 Å². The molecule has 0 saturated heterocycles. The second-order valence-corrected chi connectivity index (χ2v) is 5.71. The third kappa shape index (κ3) is 6.04. The van der Waals surface area contributed by atoms with E-state index < -0.39 is 0 Å². The summed E-state index contributed by atoms with van der Waals surface area (Å²) in [4.78, 5) is 0. The molecule has 0 fully saturated rings. The maximum atomic E-state index is 13.1. The zero-order valence-corrected chi connectivity index (χ0v) is 13.3. The van der Waals surface area contributed by atoms with Gasteiger partial charge in [0.05, 0.1) is 0 Å². The number of nitrogens with one attached hydrogen (secondary N) is 1. The third-order valence-electron chi connectivity index (χ3n) is 4.14. The van der Waals surface area contributed by atoms with Gasteiger partial charge in [0.1, 0.15) is 5.82 Å². The zero-order valence-electron chi connectivity index (χ0n) is 13.3. The van der Waals surface area contributed by atoms with E-state index >= 15 is 0 Å². The fraction of sp³-hybridized carbons (Fsp3) is 0.667. The van der Waals surface area contributed by atoms with Gasteiger partial charge in [-0.3, -0.25) is 0 Å². The van der Waals surface area contributed by atoms with E-state index in [0.29, 0.717) is 5.92 Å². The number of halogens is 1. The minimum absolute atomic E-state index is 0.144. The molecule has 0 aliphatic heterocycles. The highest BCUT2D eigenvalue weighted by molar-refractivity contribution is 5.21. The van der Waals surface area contributed by atoms with Gasteiger partial charge in [-0.15, -0.1) is 0 Å². The number of rotatable bonds is 10. The second kappa shape index (κ2) is 9.93. The largest absolute Gasteiger partial charge is 0.316 e. The van der Waals surface area contributed by atoms with Crippen LogP contribution in [0.1, 0.15) is 64.4 Å². The van der Waals surface area contributed by atoms with Crippen molar-refractivity contribution in [2.45, 2.75) is 58.8 Å². The summed E-state index contributed by atoms with van der Waals surface area (Å²) >= 11 is 0. The van der Waals surface area contributed by atoms with Crippen LogP contribution in [-0.4, -0.2) is 13.1 Å². The summed E-state index contributed by atoms with van der Waals surface area (Å²) in [6.45, 7) is 8.66. The van der Waals surface area contributed by atoms with E-state index in [1.165, 1.54) is 37.7 Å². The van der Waals surface area contributed by atoms with E-state index in [9.17, 15) is 4.39 Å². The molecule has 1 aromatic rings. The first-order valence-corrected chi connectivity index (χ1v) is 8.17. The Balaban J connectivity index is 2.69. The first-order chi connectivity index (χ1) is 9.71. The summed E-state index contributed by atoms with van der Waals surface area (Å²) in [5.74, 6) is 1.13. The van der Waals surface area contributed by atoms with Crippen LogP contribution in [0.2, 0.25) is 0 Å². The molecule has 0 heterocycles. The van der Waals surface area contributed by atoms with Gasteiger partial charge in [0.15, 0.2) is 0 Å². The molecule has 1 rings (SSSR count). The predicted octanol–water partition coefficient (Wildman–Crippen LogP) is 5.13. The minimum Gasteiger partial charge on any atom is -0.316 e. The Kier molecular flexibility index (Phi) is 8.52. The van der Waals surface area contributed by atoms with Crippen LogP contribution in [0.3, 0.4) is 0 Å². The standard InChI is InChI=1S/C18H30FN/c1-4-7-8-15(5-2)13-17(14-20-6-3)16-9-11-18(19)12-10-16/h9-12,15,17,20H,4-8,13-14H2,1-3H3. The summed E-state index contributed by atoms with van der Waals surface area (Å²) in [7, 11) is 0. The monoisotopic (exact) mass is 279 g/mol. The summed E-state index contributed by atoms with van der Waals surface area (Å²) in [5, 5.41) is 3.45. The quantitative estimate of drug-likeness (QED) is 0.626. The van der Waals surface area contributed by atoms with E-state index in [0.717, 1.165) is 19.0 Å². The van der Waals surface area contributed by atoms with Gasteiger partial charge in [-0.05, 0) is 42.5 Å². The van der Waals surface area contributed by atoms with E-state index in [-0.39, 0.29) is 5.82 Å². The van der Waals surface area contributed by atoms with Crippen molar-refractivity contribution < 1.29 is 4.39 Å². The average Bonchev–Trinajstić information content (AvgIpc) is 2.48. The third-order valence-corrected chi connectivity index (χ3v) is 4.14. The van der Waals surface area contributed by atoms with Gasteiger partial charge in [-0.1, -0.05) is 58.6 Å². The minimum atomic E-state index is -0.144. The van der Waals surface area contributed by atoms with Gasteiger partial charge in [0, 0.05) is 6.54 Å². The Hall–Kier alpha value is -0.890. The number of benzene rings is 1. The smallest absolute Gasteiger partial charge is 0.123 e. The lowest BCUT2D eigenvalue weighted by molar-refractivity contribution is 0.377. The summed E-state index contributed by atoms with van der Waals surface area (Å²) in [5.41, 5.74) is 1.27. The van der Waals surface area contributed by atoms with Gasteiger partial charge in [-0.2, -0.15) is 0 Å². The Morgan fingerprint density at radius 1 is 1.10 bits per heavy atom. The Morgan fingerprint density at radius 3 is 2.35 bits per heavy atom. The van der Waals surface area contributed by atoms with Crippen LogP contribution in [0.25, 0.3) is 0 Å². The molecule has 1 nitrogen and oxygen atoms in total. The van der Waals surface area contributed by atoms with E-state index in [1.807, 2.05) is 12.1 Å². The first kappa shape index (κ1) is 17.2. The fourth-order valence-electron chi connectivity index (χ4n) is 2.77. The lowest BCUT2D eigenvalue weighted by Gasteiger charge is -2.23. The molecule has 2 unspecified atom stereocenters. The second-order valence-electron chi connectivity index (χ2n) is 5.71. The molecule has 1 aromatic carbocycles. The molecule has 0 aromatic heterocycles. The van der Waals surface area contributed by atoms with Gasteiger partial charge in [0.25, 0.3) is 0 Å². The van der Waals surface area contributed by atoms with Crippen molar-refractivity contribution in [1.82, 2.24) is 5.32 Å². The van der Waals surface area contributed by atoms with Crippen LogP contribution in [0.15, 0.2) is 24.3 Å². The van der Waals surface area contributed by atoms with Gasteiger partial charge >= 0.3 is 0 Å². The highest BCUT2D eigenvalue weighted by Crippen LogP contribution is 2.28.